The molecule has 0 radical (unpaired) electrons. The van der Waals surface area contributed by atoms with Crippen LogP contribution in [0.15, 0.2) is 30.3 Å². The summed E-state index contributed by atoms with van der Waals surface area (Å²) in [5.41, 5.74) is 6.12. The van der Waals surface area contributed by atoms with E-state index in [9.17, 15) is 4.79 Å². The van der Waals surface area contributed by atoms with Crippen molar-refractivity contribution in [3.63, 3.8) is 0 Å². The third kappa shape index (κ3) is 2.27. The van der Waals surface area contributed by atoms with Crippen LogP contribution in [0.1, 0.15) is 11.6 Å². The van der Waals surface area contributed by atoms with Gasteiger partial charge in [0, 0.05) is 0 Å². The highest BCUT2D eigenvalue weighted by atomic mass is 16.4. The highest BCUT2D eigenvalue weighted by Crippen LogP contribution is 2.13. The van der Waals surface area contributed by atoms with E-state index in [0.717, 1.165) is 0 Å². The van der Waals surface area contributed by atoms with Gasteiger partial charge in [0.1, 0.15) is 0 Å². The van der Waals surface area contributed by atoms with E-state index < -0.39 is 18.1 Å². The highest BCUT2D eigenvalue weighted by Gasteiger charge is 2.22. The number of rotatable bonds is 3. The summed E-state index contributed by atoms with van der Waals surface area (Å²) in [6.45, 7) is 0. The number of carbonyl (C=O) groups is 1. The Kier molecular flexibility index (Phi) is 3.00. The molecule has 0 saturated carbocycles. The Labute approximate surface area is 75.6 Å². The molecule has 0 bridgehead atoms. The second-order valence-electron chi connectivity index (χ2n) is 2.72. The summed E-state index contributed by atoms with van der Waals surface area (Å²) in [5, 5.41) is 17.6. The largest absolute Gasteiger partial charge is 0.479 e. The van der Waals surface area contributed by atoms with Crippen LogP contribution < -0.4 is 5.73 Å². The second-order valence-corrected chi connectivity index (χ2v) is 2.72. The lowest BCUT2D eigenvalue weighted by Gasteiger charge is -2.14. The molecule has 4 N–H and O–H groups in total. The van der Waals surface area contributed by atoms with Crippen LogP contribution in [0.4, 0.5) is 0 Å². The van der Waals surface area contributed by atoms with Crippen molar-refractivity contribution < 1.29 is 15.0 Å². The minimum absolute atomic E-state index is 0.609. The summed E-state index contributed by atoms with van der Waals surface area (Å²) >= 11 is 0. The summed E-state index contributed by atoms with van der Waals surface area (Å²) in [5.74, 6) is -1.31. The van der Waals surface area contributed by atoms with Gasteiger partial charge >= 0.3 is 5.97 Å². The van der Waals surface area contributed by atoms with Gasteiger partial charge in [0.2, 0.25) is 0 Å². The Balaban J connectivity index is 2.79. The van der Waals surface area contributed by atoms with Gasteiger partial charge in [0.05, 0.1) is 6.04 Å². The molecular formula is C9H11NO3. The first-order valence-electron chi connectivity index (χ1n) is 3.84. The van der Waals surface area contributed by atoms with Crippen LogP contribution >= 0.6 is 0 Å². The first kappa shape index (κ1) is 9.70. The fraction of sp³-hybridized carbons (Fsp3) is 0.222. The molecule has 0 fully saturated rings. The maximum atomic E-state index is 10.4. The van der Waals surface area contributed by atoms with E-state index in [2.05, 4.69) is 0 Å². The van der Waals surface area contributed by atoms with Gasteiger partial charge in [0.15, 0.2) is 6.10 Å². The molecule has 1 aromatic carbocycles. The molecule has 0 amide bonds. The number of hydrogen-bond donors (Lipinski definition) is 3. The van der Waals surface area contributed by atoms with Gasteiger partial charge in [0.25, 0.3) is 0 Å². The molecule has 4 nitrogen and oxygen atoms in total. The van der Waals surface area contributed by atoms with Gasteiger partial charge in [-0.3, -0.25) is 0 Å². The molecule has 2 atom stereocenters. The topological polar surface area (TPSA) is 83.5 Å². The molecule has 4 heteroatoms. The molecule has 13 heavy (non-hydrogen) atoms. The number of benzene rings is 1. The summed E-state index contributed by atoms with van der Waals surface area (Å²) in [6, 6.07) is 7.75. The van der Waals surface area contributed by atoms with Crippen molar-refractivity contribution in [2.24, 2.45) is 5.73 Å². The molecule has 70 valence electrons. The van der Waals surface area contributed by atoms with E-state index in [-0.39, 0.29) is 0 Å². The van der Waals surface area contributed by atoms with Gasteiger partial charge in [-0.15, -0.1) is 0 Å². The van der Waals surface area contributed by atoms with E-state index in [1.807, 2.05) is 0 Å². The monoisotopic (exact) mass is 181 g/mol. The van der Waals surface area contributed by atoms with Crippen molar-refractivity contribution in [1.29, 1.82) is 0 Å². The number of aliphatic hydroxyl groups is 1. The van der Waals surface area contributed by atoms with Gasteiger partial charge in [-0.05, 0) is 5.56 Å². The third-order valence-corrected chi connectivity index (χ3v) is 1.78. The molecule has 0 heterocycles. The van der Waals surface area contributed by atoms with Crippen LogP contribution in [0.5, 0.6) is 0 Å². The smallest absolute Gasteiger partial charge is 0.334 e. The molecule has 0 aliphatic heterocycles. The predicted molar refractivity (Wildman–Crippen MR) is 47.0 cm³/mol. The van der Waals surface area contributed by atoms with Crippen molar-refractivity contribution in [3.05, 3.63) is 35.9 Å². The fourth-order valence-electron chi connectivity index (χ4n) is 1.01. The summed E-state index contributed by atoms with van der Waals surface area (Å²) in [4.78, 5) is 10.4. The Bertz CT molecular complexity index is 286. The van der Waals surface area contributed by atoms with E-state index in [1.54, 1.807) is 30.3 Å². The van der Waals surface area contributed by atoms with Crippen LogP contribution in [0.25, 0.3) is 0 Å². The molecule has 1 unspecified atom stereocenters. The lowest BCUT2D eigenvalue weighted by atomic mass is 10.0. The molecule has 0 aliphatic carbocycles. The second kappa shape index (κ2) is 4.02. The molecule has 1 aromatic rings. The quantitative estimate of drug-likeness (QED) is 0.619. The van der Waals surface area contributed by atoms with Crippen molar-refractivity contribution in [1.82, 2.24) is 0 Å². The summed E-state index contributed by atoms with van der Waals surface area (Å²) in [7, 11) is 0. The maximum absolute atomic E-state index is 10.4. The van der Waals surface area contributed by atoms with E-state index in [1.165, 1.54) is 0 Å². The summed E-state index contributed by atoms with van der Waals surface area (Å²) in [6.07, 6.45) is -1.55. The molecule has 0 spiro atoms. The van der Waals surface area contributed by atoms with Crippen LogP contribution in [-0.4, -0.2) is 22.3 Å². The average Bonchev–Trinajstić information content (AvgIpc) is 2.17. The minimum Gasteiger partial charge on any atom is -0.479 e. The van der Waals surface area contributed by atoms with E-state index in [0.29, 0.717) is 5.56 Å². The lowest BCUT2D eigenvalue weighted by Crippen LogP contribution is -2.33. The Morgan fingerprint density at radius 3 is 2.31 bits per heavy atom. The first-order chi connectivity index (χ1) is 6.13. The Hall–Kier alpha value is -1.39. The fourth-order valence-corrected chi connectivity index (χ4v) is 1.01. The summed E-state index contributed by atoms with van der Waals surface area (Å²) < 4.78 is 0. The van der Waals surface area contributed by atoms with Crippen LogP contribution in [0, 0.1) is 0 Å². The first-order valence-corrected chi connectivity index (χ1v) is 3.84. The zero-order valence-electron chi connectivity index (χ0n) is 6.92. The number of nitrogens with two attached hydrogens (primary N) is 1. The highest BCUT2D eigenvalue weighted by molar-refractivity contribution is 5.73. The standard InChI is InChI=1S/C9H11NO3/c10-7(8(11)9(12)13)6-4-2-1-3-5-6/h1-5,7-8,11H,10H2,(H,12,13)/t7-,8?/m1/s1. The van der Waals surface area contributed by atoms with E-state index >= 15 is 0 Å². The number of aliphatic hydroxyl groups excluding tert-OH is 1. The van der Waals surface area contributed by atoms with Crippen molar-refractivity contribution >= 4 is 5.97 Å². The van der Waals surface area contributed by atoms with Gasteiger partial charge in [-0.2, -0.15) is 0 Å². The van der Waals surface area contributed by atoms with Gasteiger partial charge in [-0.25, -0.2) is 4.79 Å². The number of carboxylic acids is 1. The average molecular weight is 181 g/mol. The Morgan fingerprint density at radius 2 is 1.85 bits per heavy atom. The minimum atomic E-state index is -1.55. The zero-order valence-corrected chi connectivity index (χ0v) is 6.92. The molecular weight excluding hydrogens is 170 g/mol. The third-order valence-electron chi connectivity index (χ3n) is 1.78. The van der Waals surface area contributed by atoms with Crippen LogP contribution in [0.2, 0.25) is 0 Å². The number of aliphatic carboxylic acids is 1. The molecule has 0 aromatic heterocycles. The van der Waals surface area contributed by atoms with Crippen molar-refractivity contribution in [2.45, 2.75) is 12.1 Å². The molecule has 0 saturated heterocycles. The van der Waals surface area contributed by atoms with Crippen molar-refractivity contribution in [2.75, 3.05) is 0 Å². The molecule has 0 aliphatic rings. The SMILES string of the molecule is N[C@H](c1ccccc1)C(O)C(=O)O. The maximum Gasteiger partial charge on any atom is 0.334 e. The van der Waals surface area contributed by atoms with Crippen molar-refractivity contribution in [3.8, 4) is 0 Å². The van der Waals surface area contributed by atoms with Gasteiger partial charge in [-0.1, -0.05) is 30.3 Å². The predicted octanol–water partition coefficient (Wildman–Crippen LogP) is 0.132. The Morgan fingerprint density at radius 1 is 1.31 bits per heavy atom. The number of hydrogen-bond acceptors (Lipinski definition) is 3. The number of carboxylic acid groups (broad SMARTS) is 1. The molecule has 1 rings (SSSR count). The van der Waals surface area contributed by atoms with E-state index in [4.69, 9.17) is 15.9 Å². The lowest BCUT2D eigenvalue weighted by molar-refractivity contribution is -0.147. The normalized spacial score (nSPS) is 14.9. The van der Waals surface area contributed by atoms with Gasteiger partial charge < -0.3 is 15.9 Å². The zero-order chi connectivity index (χ0) is 9.84. The van der Waals surface area contributed by atoms with Crippen LogP contribution in [0.3, 0.4) is 0 Å². The van der Waals surface area contributed by atoms with Crippen LogP contribution in [-0.2, 0) is 4.79 Å².